The number of amides is 2. The van der Waals surface area contributed by atoms with Crippen molar-refractivity contribution < 1.29 is 9.59 Å². The summed E-state index contributed by atoms with van der Waals surface area (Å²) in [5, 5.41) is 20.8. The van der Waals surface area contributed by atoms with Crippen LogP contribution in [0.5, 0.6) is 0 Å². The van der Waals surface area contributed by atoms with E-state index in [-0.39, 0.29) is 17.7 Å². The van der Waals surface area contributed by atoms with E-state index in [1.54, 1.807) is 28.0 Å². The van der Waals surface area contributed by atoms with E-state index in [4.69, 9.17) is 10.2 Å². The van der Waals surface area contributed by atoms with Crippen LogP contribution < -0.4 is 4.90 Å². The fourth-order valence-electron chi connectivity index (χ4n) is 6.40. The molecule has 0 unspecified atom stereocenters. The van der Waals surface area contributed by atoms with Gasteiger partial charge in [-0.25, -0.2) is 9.97 Å². The van der Waals surface area contributed by atoms with Gasteiger partial charge in [-0.3, -0.25) is 34.2 Å². The van der Waals surface area contributed by atoms with E-state index in [2.05, 4.69) is 54.4 Å². The van der Waals surface area contributed by atoms with Crippen LogP contribution in [-0.2, 0) is 16.6 Å². The van der Waals surface area contributed by atoms with Gasteiger partial charge in [0.05, 0.1) is 29.2 Å². The highest BCUT2D eigenvalue weighted by Gasteiger charge is 2.34. The van der Waals surface area contributed by atoms with Crippen LogP contribution in [0, 0.1) is 17.2 Å². The Morgan fingerprint density at radius 2 is 1.90 bits per heavy atom. The van der Waals surface area contributed by atoms with E-state index in [0.717, 1.165) is 23.1 Å². The highest BCUT2D eigenvalue weighted by Crippen LogP contribution is 2.29. The lowest BCUT2D eigenvalue weighted by molar-refractivity contribution is -0.132. The average Bonchev–Trinajstić information content (AvgIpc) is 3.89. The van der Waals surface area contributed by atoms with Gasteiger partial charge in [0.25, 0.3) is 0 Å². The molecule has 242 valence electrons. The van der Waals surface area contributed by atoms with Gasteiger partial charge in [-0.1, -0.05) is 30.3 Å². The Balaban J connectivity index is 0.957. The van der Waals surface area contributed by atoms with Gasteiger partial charge in [0.15, 0.2) is 5.82 Å². The normalized spacial score (nSPS) is 16.6. The molecular formula is C35H35N11O2. The Labute approximate surface area is 277 Å². The molecule has 1 aromatic carbocycles. The van der Waals surface area contributed by atoms with Gasteiger partial charge in [0, 0.05) is 45.0 Å². The molecule has 0 radical (unpaired) electrons. The van der Waals surface area contributed by atoms with Crippen molar-refractivity contribution in [2.45, 2.75) is 19.8 Å². The number of benzene rings is 1. The minimum atomic E-state index is -0.226. The first kappa shape index (κ1) is 30.9. The average molecular weight is 642 g/mol. The number of anilines is 1. The van der Waals surface area contributed by atoms with E-state index >= 15 is 0 Å². The van der Waals surface area contributed by atoms with Crippen LogP contribution in [0.25, 0.3) is 39.4 Å². The number of aromatic nitrogens is 7. The van der Waals surface area contributed by atoms with Gasteiger partial charge in [0.1, 0.15) is 29.4 Å². The fraction of sp³-hybridized carbons (Fsp3) is 0.314. The van der Waals surface area contributed by atoms with Crippen LogP contribution in [0.2, 0.25) is 0 Å². The third-order valence-corrected chi connectivity index (χ3v) is 9.04. The van der Waals surface area contributed by atoms with Gasteiger partial charge in [0.2, 0.25) is 11.8 Å². The molecular weight excluding hydrogens is 606 g/mol. The van der Waals surface area contributed by atoms with Gasteiger partial charge in [-0.15, -0.1) is 0 Å². The topological polar surface area (TPSA) is 153 Å². The molecule has 4 aromatic heterocycles. The number of hydrogen-bond acceptors (Lipinski definition) is 9. The van der Waals surface area contributed by atoms with Crippen LogP contribution >= 0.6 is 0 Å². The number of carbonyl (C=O) groups excluding carboxylic acids is 2. The van der Waals surface area contributed by atoms with Crippen molar-refractivity contribution in [1.29, 1.82) is 5.26 Å². The summed E-state index contributed by atoms with van der Waals surface area (Å²) in [4.78, 5) is 46.2. The molecule has 1 atom stereocenters. The second-order valence-electron chi connectivity index (χ2n) is 12.1. The van der Waals surface area contributed by atoms with Crippen molar-refractivity contribution >= 4 is 34.2 Å². The van der Waals surface area contributed by atoms with Crippen LogP contribution in [0.3, 0.4) is 0 Å². The summed E-state index contributed by atoms with van der Waals surface area (Å²) in [5.74, 6) is 1.09. The monoisotopic (exact) mass is 641 g/mol. The standard InChI is InChI=1S/C35H35N11O2/c1-3-46(30-11-10-29-32(39-30)33(41-40-29)28-9-4-23(18-36)19-37-28)35(48)27-12-15-44(20-27)21-31(47)45-16-13-25(14-17-45)24-5-7-26(8-6-24)34-38-22-43(2)42-34/h4-11,13,19,22,27H,3,12,14-17,20-21H2,1-2H3,(H,40,41)/t27-/m1/s1. The number of nitrogens with one attached hydrogen (secondary N) is 1. The zero-order chi connectivity index (χ0) is 33.2. The quantitative estimate of drug-likeness (QED) is 0.267. The smallest absolute Gasteiger partial charge is 0.237 e. The van der Waals surface area contributed by atoms with Gasteiger partial charge < -0.3 is 4.90 Å². The summed E-state index contributed by atoms with van der Waals surface area (Å²) in [6.07, 6.45) is 6.80. The zero-order valence-electron chi connectivity index (χ0n) is 26.9. The van der Waals surface area contributed by atoms with Crippen LogP contribution in [0.1, 0.15) is 30.9 Å². The maximum absolute atomic E-state index is 13.8. The van der Waals surface area contributed by atoms with Crippen molar-refractivity contribution in [2.24, 2.45) is 13.0 Å². The number of aromatic amines is 1. The number of rotatable bonds is 8. The molecule has 48 heavy (non-hydrogen) atoms. The molecule has 1 fully saturated rings. The largest absolute Gasteiger partial charge is 0.338 e. The lowest BCUT2D eigenvalue weighted by Crippen LogP contribution is -2.42. The van der Waals surface area contributed by atoms with E-state index in [0.29, 0.717) is 79.8 Å². The fourth-order valence-corrected chi connectivity index (χ4v) is 6.40. The first-order valence-electron chi connectivity index (χ1n) is 16.1. The van der Waals surface area contributed by atoms with Crippen molar-refractivity contribution in [1.82, 2.24) is 44.7 Å². The summed E-state index contributed by atoms with van der Waals surface area (Å²) in [5.41, 5.74) is 6.28. The van der Waals surface area contributed by atoms with Gasteiger partial charge in [-0.05, 0) is 61.7 Å². The molecule has 13 heteroatoms. The Bertz CT molecular complexity index is 2040. The third-order valence-electron chi connectivity index (χ3n) is 9.04. The number of pyridine rings is 2. The second-order valence-corrected chi connectivity index (χ2v) is 12.1. The molecule has 2 aliphatic rings. The molecule has 1 saturated heterocycles. The first-order valence-corrected chi connectivity index (χ1v) is 16.1. The summed E-state index contributed by atoms with van der Waals surface area (Å²) < 4.78 is 1.69. The van der Waals surface area contributed by atoms with Crippen molar-refractivity contribution in [3.05, 3.63) is 78.3 Å². The molecule has 0 spiro atoms. The second kappa shape index (κ2) is 13.2. The molecule has 7 rings (SSSR count). The molecule has 6 heterocycles. The molecule has 1 N–H and O–H groups in total. The van der Waals surface area contributed by atoms with Crippen LogP contribution in [-0.4, -0.2) is 95.8 Å². The number of likely N-dealkylation sites (tertiary alicyclic amines) is 1. The number of aryl methyl sites for hydroxylation is 1. The Kier molecular flexibility index (Phi) is 8.48. The molecule has 2 aliphatic heterocycles. The summed E-state index contributed by atoms with van der Waals surface area (Å²) in [7, 11) is 1.85. The summed E-state index contributed by atoms with van der Waals surface area (Å²) in [6, 6.07) is 17.4. The number of nitrogens with zero attached hydrogens (tertiary/aromatic N) is 10. The minimum Gasteiger partial charge on any atom is -0.338 e. The molecule has 0 aliphatic carbocycles. The number of hydrogen-bond donors (Lipinski definition) is 1. The van der Waals surface area contributed by atoms with Gasteiger partial charge >= 0.3 is 0 Å². The van der Waals surface area contributed by atoms with E-state index in [1.165, 1.54) is 11.8 Å². The maximum atomic E-state index is 13.8. The van der Waals surface area contributed by atoms with E-state index < -0.39 is 0 Å². The highest BCUT2D eigenvalue weighted by atomic mass is 16.2. The molecule has 0 saturated carbocycles. The third kappa shape index (κ3) is 6.17. The van der Waals surface area contributed by atoms with Gasteiger partial charge in [-0.2, -0.15) is 15.5 Å². The predicted octanol–water partition coefficient (Wildman–Crippen LogP) is 3.68. The Morgan fingerprint density at radius 3 is 2.58 bits per heavy atom. The van der Waals surface area contributed by atoms with Crippen molar-refractivity contribution in [3.63, 3.8) is 0 Å². The summed E-state index contributed by atoms with van der Waals surface area (Å²) >= 11 is 0. The molecule has 0 bridgehead atoms. The zero-order valence-corrected chi connectivity index (χ0v) is 26.9. The number of nitriles is 1. The molecule has 2 amide bonds. The van der Waals surface area contributed by atoms with Crippen molar-refractivity contribution in [2.75, 3.05) is 44.2 Å². The number of fused-ring (bicyclic) bond motifs is 1. The maximum Gasteiger partial charge on any atom is 0.237 e. The predicted molar refractivity (Wildman–Crippen MR) is 180 cm³/mol. The molecule has 13 nitrogen and oxygen atoms in total. The summed E-state index contributed by atoms with van der Waals surface area (Å²) in [6.45, 7) is 5.14. The number of H-pyrrole nitrogens is 1. The molecule has 5 aromatic rings. The number of carbonyl (C=O) groups is 2. The van der Waals surface area contributed by atoms with Crippen LogP contribution in [0.15, 0.2) is 67.1 Å². The highest BCUT2D eigenvalue weighted by molar-refractivity contribution is 5.97. The minimum absolute atomic E-state index is 0.00349. The Morgan fingerprint density at radius 1 is 1.06 bits per heavy atom. The first-order chi connectivity index (χ1) is 23.4. The van der Waals surface area contributed by atoms with Crippen molar-refractivity contribution in [3.8, 4) is 28.8 Å². The van der Waals surface area contributed by atoms with Crippen LogP contribution in [0.4, 0.5) is 5.82 Å². The Hall–Kier alpha value is -5.74. The lowest BCUT2D eigenvalue weighted by atomic mass is 9.98. The van der Waals surface area contributed by atoms with E-state index in [1.807, 2.05) is 43.1 Å². The lowest BCUT2D eigenvalue weighted by Gasteiger charge is -2.29. The van der Waals surface area contributed by atoms with E-state index in [9.17, 15) is 9.59 Å². The SMILES string of the molecule is CCN(C(=O)[C@@H]1CCN(CC(=O)N2CC=C(c3ccc(-c4ncn(C)n4)cc3)CC2)C1)c1ccc2[nH]nc(-c3ccc(C#N)cn3)c2n1.